The Morgan fingerprint density at radius 1 is 1.06 bits per heavy atom. The third-order valence-electron chi connectivity index (χ3n) is 4.02. The Hall–Kier alpha value is -0.820. The summed E-state index contributed by atoms with van der Waals surface area (Å²) < 4.78 is 0. The number of benzene rings is 1. The fourth-order valence-electron chi connectivity index (χ4n) is 3.43. The van der Waals surface area contributed by atoms with Crippen molar-refractivity contribution >= 4 is 0 Å². The SMILES string of the molecule is CC1CC(C)CC(CC(O)c2ccccc2)C1. The average Bonchev–Trinajstić information content (AvgIpc) is 2.28. The molecule has 1 saturated carbocycles. The van der Waals surface area contributed by atoms with E-state index < -0.39 is 0 Å². The first kappa shape index (κ1) is 12.6. The van der Waals surface area contributed by atoms with E-state index in [2.05, 4.69) is 13.8 Å². The van der Waals surface area contributed by atoms with Gasteiger partial charge in [-0.1, -0.05) is 44.2 Å². The molecule has 0 spiro atoms. The van der Waals surface area contributed by atoms with Crippen LogP contribution in [0.1, 0.15) is 51.2 Å². The Morgan fingerprint density at radius 2 is 1.65 bits per heavy atom. The van der Waals surface area contributed by atoms with E-state index in [1.54, 1.807) is 0 Å². The van der Waals surface area contributed by atoms with E-state index in [0.717, 1.165) is 23.8 Å². The molecule has 1 N–H and O–H groups in total. The first-order valence-electron chi connectivity index (χ1n) is 6.88. The van der Waals surface area contributed by atoms with Crippen LogP contribution in [0.15, 0.2) is 30.3 Å². The molecule has 3 unspecified atom stereocenters. The minimum absolute atomic E-state index is 0.279. The van der Waals surface area contributed by atoms with Crippen molar-refractivity contribution in [2.24, 2.45) is 17.8 Å². The number of aliphatic hydroxyl groups excluding tert-OH is 1. The Morgan fingerprint density at radius 3 is 2.24 bits per heavy atom. The molecule has 1 aliphatic carbocycles. The molecule has 2 rings (SSSR count). The summed E-state index contributed by atoms with van der Waals surface area (Å²) in [7, 11) is 0. The monoisotopic (exact) mass is 232 g/mol. The predicted molar refractivity (Wildman–Crippen MR) is 71.7 cm³/mol. The van der Waals surface area contributed by atoms with Gasteiger partial charge in [-0.2, -0.15) is 0 Å². The van der Waals surface area contributed by atoms with Gasteiger partial charge in [0.15, 0.2) is 0 Å². The minimum Gasteiger partial charge on any atom is -0.388 e. The molecule has 0 amide bonds. The van der Waals surface area contributed by atoms with Crippen molar-refractivity contribution in [3.05, 3.63) is 35.9 Å². The summed E-state index contributed by atoms with van der Waals surface area (Å²) in [6.45, 7) is 4.69. The van der Waals surface area contributed by atoms with Gasteiger partial charge in [-0.25, -0.2) is 0 Å². The molecule has 0 bridgehead atoms. The van der Waals surface area contributed by atoms with Crippen LogP contribution in [0.25, 0.3) is 0 Å². The van der Waals surface area contributed by atoms with Crippen molar-refractivity contribution in [3.8, 4) is 0 Å². The van der Waals surface area contributed by atoms with Crippen LogP contribution in [0.5, 0.6) is 0 Å². The third-order valence-corrected chi connectivity index (χ3v) is 4.02. The highest BCUT2D eigenvalue weighted by molar-refractivity contribution is 5.17. The minimum atomic E-state index is -0.279. The lowest BCUT2D eigenvalue weighted by molar-refractivity contribution is 0.109. The Bertz CT molecular complexity index is 323. The fraction of sp³-hybridized carbons (Fsp3) is 0.625. The molecule has 94 valence electrons. The topological polar surface area (TPSA) is 20.2 Å². The van der Waals surface area contributed by atoms with E-state index in [-0.39, 0.29) is 6.10 Å². The Labute approximate surface area is 105 Å². The molecule has 1 aliphatic rings. The van der Waals surface area contributed by atoms with Gasteiger partial charge in [0.1, 0.15) is 0 Å². The number of hydrogen-bond donors (Lipinski definition) is 1. The average molecular weight is 232 g/mol. The van der Waals surface area contributed by atoms with E-state index in [0.29, 0.717) is 5.92 Å². The maximum atomic E-state index is 10.2. The second-order valence-corrected chi connectivity index (χ2v) is 5.95. The Balaban J connectivity index is 1.92. The number of rotatable bonds is 3. The molecular weight excluding hydrogens is 208 g/mol. The van der Waals surface area contributed by atoms with Gasteiger partial charge < -0.3 is 5.11 Å². The van der Waals surface area contributed by atoms with Crippen LogP contribution in [0.3, 0.4) is 0 Å². The van der Waals surface area contributed by atoms with Gasteiger partial charge in [0.05, 0.1) is 6.10 Å². The van der Waals surface area contributed by atoms with Gasteiger partial charge in [-0.15, -0.1) is 0 Å². The largest absolute Gasteiger partial charge is 0.388 e. The molecule has 0 radical (unpaired) electrons. The molecule has 1 nitrogen and oxygen atoms in total. The molecular formula is C16H24O. The highest BCUT2D eigenvalue weighted by Gasteiger charge is 2.25. The van der Waals surface area contributed by atoms with Crippen molar-refractivity contribution in [2.75, 3.05) is 0 Å². The quantitative estimate of drug-likeness (QED) is 0.828. The fourth-order valence-corrected chi connectivity index (χ4v) is 3.43. The highest BCUT2D eigenvalue weighted by Crippen LogP contribution is 2.37. The van der Waals surface area contributed by atoms with Crippen molar-refractivity contribution in [2.45, 2.75) is 45.6 Å². The molecule has 0 aromatic heterocycles. The molecule has 3 atom stereocenters. The van der Waals surface area contributed by atoms with Crippen LogP contribution in [0, 0.1) is 17.8 Å². The van der Waals surface area contributed by atoms with E-state index in [1.807, 2.05) is 30.3 Å². The molecule has 0 saturated heterocycles. The third kappa shape index (κ3) is 3.57. The molecule has 0 heterocycles. The van der Waals surface area contributed by atoms with Crippen molar-refractivity contribution in [1.29, 1.82) is 0 Å². The summed E-state index contributed by atoms with van der Waals surface area (Å²) in [5.74, 6) is 2.35. The van der Waals surface area contributed by atoms with Crippen molar-refractivity contribution in [3.63, 3.8) is 0 Å². The highest BCUT2D eigenvalue weighted by atomic mass is 16.3. The molecule has 1 aromatic rings. The normalized spacial score (nSPS) is 31.1. The lowest BCUT2D eigenvalue weighted by Gasteiger charge is -2.32. The molecule has 1 heteroatoms. The number of aliphatic hydroxyl groups is 1. The molecule has 0 aliphatic heterocycles. The van der Waals surface area contributed by atoms with Gasteiger partial charge in [0.25, 0.3) is 0 Å². The van der Waals surface area contributed by atoms with E-state index in [1.165, 1.54) is 19.3 Å². The van der Waals surface area contributed by atoms with Gasteiger partial charge in [-0.3, -0.25) is 0 Å². The molecule has 1 aromatic carbocycles. The molecule has 1 fully saturated rings. The lowest BCUT2D eigenvalue weighted by atomic mass is 9.74. The van der Waals surface area contributed by atoms with E-state index >= 15 is 0 Å². The van der Waals surface area contributed by atoms with Crippen molar-refractivity contribution in [1.82, 2.24) is 0 Å². The molecule has 17 heavy (non-hydrogen) atoms. The summed E-state index contributed by atoms with van der Waals surface area (Å²) in [5, 5.41) is 10.2. The number of hydrogen-bond acceptors (Lipinski definition) is 1. The van der Waals surface area contributed by atoms with Gasteiger partial charge in [0.2, 0.25) is 0 Å². The van der Waals surface area contributed by atoms with E-state index in [4.69, 9.17) is 0 Å². The summed E-state index contributed by atoms with van der Waals surface area (Å²) in [4.78, 5) is 0. The maximum Gasteiger partial charge on any atom is 0.0792 e. The van der Waals surface area contributed by atoms with Crippen LogP contribution >= 0.6 is 0 Å². The first-order valence-corrected chi connectivity index (χ1v) is 6.88. The van der Waals surface area contributed by atoms with Gasteiger partial charge in [0, 0.05) is 0 Å². The first-order chi connectivity index (χ1) is 8.15. The van der Waals surface area contributed by atoms with Gasteiger partial charge >= 0.3 is 0 Å². The van der Waals surface area contributed by atoms with Crippen molar-refractivity contribution < 1.29 is 5.11 Å². The standard InChI is InChI=1S/C16H24O/c1-12-8-13(2)10-14(9-12)11-16(17)15-6-4-3-5-7-15/h3-7,12-14,16-17H,8-11H2,1-2H3. The maximum absolute atomic E-state index is 10.2. The Kier molecular flexibility index (Phi) is 4.22. The summed E-state index contributed by atoms with van der Waals surface area (Å²) >= 11 is 0. The smallest absolute Gasteiger partial charge is 0.0792 e. The van der Waals surface area contributed by atoms with Crippen LogP contribution in [-0.4, -0.2) is 5.11 Å². The second kappa shape index (κ2) is 5.68. The van der Waals surface area contributed by atoms with Crippen LogP contribution < -0.4 is 0 Å². The lowest BCUT2D eigenvalue weighted by Crippen LogP contribution is -2.21. The summed E-state index contributed by atoms with van der Waals surface area (Å²) in [6, 6.07) is 10.1. The zero-order chi connectivity index (χ0) is 12.3. The van der Waals surface area contributed by atoms with Crippen LogP contribution in [-0.2, 0) is 0 Å². The van der Waals surface area contributed by atoms with Gasteiger partial charge in [-0.05, 0) is 49.0 Å². The zero-order valence-corrected chi connectivity index (χ0v) is 11.0. The zero-order valence-electron chi connectivity index (χ0n) is 11.0. The second-order valence-electron chi connectivity index (χ2n) is 5.95. The summed E-state index contributed by atoms with van der Waals surface area (Å²) in [6.07, 6.45) is 4.58. The van der Waals surface area contributed by atoms with Crippen LogP contribution in [0.4, 0.5) is 0 Å². The van der Waals surface area contributed by atoms with Crippen LogP contribution in [0.2, 0.25) is 0 Å². The predicted octanol–water partition coefficient (Wildman–Crippen LogP) is 4.18. The summed E-state index contributed by atoms with van der Waals surface area (Å²) in [5.41, 5.74) is 1.07. The van der Waals surface area contributed by atoms with E-state index in [9.17, 15) is 5.11 Å².